The lowest BCUT2D eigenvalue weighted by molar-refractivity contribution is 0.428. The zero-order chi connectivity index (χ0) is 10.9. The summed E-state index contributed by atoms with van der Waals surface area (Å²) in [5, 5.41) is 4.65. The SMILES string of the molecule is CCCCC(NCCC)C1CCCCS1. The molecule has 0 aromatic rings. The third-order valence-electron chi connectivity index (χ3n) is 3.19. The molecular weight excluding hydrogens is 202 g/mol. The Morgan fingerprint density at radius 1 is 1.27 bits per heavy atom. The van der Waals surface area contributed by atoms with E-state index in [1.807, 2.05) is 0 Å². The van der Waals surface area contributed by atoms with Gasteiger partial charge in [-0.15, -0.1) is 0 Å². The van der Waals surface area contributed by atoms with Crippen LogP contribution in [-0.2, 0) is 0 Å². The highest BCUT2D eigenvalue weighted by atomic mass is 32.2. The number of nitrogens with one attached hydrogen (secondary N) is 1. The van der Waals surface area contributed by atoms with Crippen molar-refractivity contribution in [1.82, 2.24) is 5.32 Å². The van der Waals surface area contributed by atoms with Gasteiger partial charge in [-0.05, 0) is 38.0 Å². The fourth-order valence-electron chi connectivity index (χ4n) is 2.26. The molecule has 0 spiro atoms. The molecule has 2 unspecified atom stereocenters. The largest absolute Gasteiger partial charge is 0.313 e. The zero-order valence-corrected chi connectivity index (χ0v) is 11.2. The molecule has 0 aromatic heterocycles. The molecule has 0 aromatic carbocycles. The van der Waals surface area contributed by atoms with Gasteiger partial charge in [0.25, 0.3) is 0 Å². The molecule has 1 saturated heterocycles. The molecule has 1 heterocycles. The van der Waals surface area contributed by atoms with E-state index in [0.29, 0.717) is 0 Å². The molecule has 90 valence electrons. The van der Waals surface area contributed by atoms with Crippen LogP contribution < -0.4 is 5.32 Å². The number of thioether (sulfide) groups is 1. The highest BCUT2D eigenvalue weighted by molar-refractivity contribution is 8.00. The molecule has 0 saturated carbocycles. The predicted octanol–water partition coefficient (Wildman–Crippen LogP) is 3.83. The summed E-state index contributed by atoms with van der Waals surface area (Å²) in [6.07, 6.45) is 9.70. The topological polar surface area (TPSA) is 12.0 Å². The van der Waals surface area contributed by atoms with Crippen molar-refractivity contribution >= 4 is 11.8 Å². The first kappa shape index (κ1) is 13.4. The monoisotopic (exact) mass is 229 g/mol. The summed E-state index contributed by atoms with van der Waals surface area (Å²) < 4.78 is 0. The fraction of sp³-hybridized carbons (Fsp3) is 1.00. The van der Waals surface area contributed by atoms with Crippen molar-refractivity contribution in [2.75, 3.05) is 12.3 Å². The highest BCUT2D eigenvalue weighted by Crippen LogP contribution is 2.29. The summed E-state index contributed by atoms with van der Waals surface area (Å²) in [4.78, 5) is 0. The Hall–Kier alpha value is 0.310. The Morgan fingerprint density at radius 2 is 2.13 bits per heavy atom. The molecule has 1 nitrogen and oxygen atoms in total. The summed E-state index contributed by atoms with van der Waals surface area (Å²) in [7, 11) is 0. The zero-order valence-electron chi connectivity index (χ0n) is 10.4. The molecule has 1 fully saturated rings. The molecular formula is C13H27NS. The molecule has 0 radical (unpaired) electrons. The van der Waals surface area contributed by atoms with Crippen LogP contribution in [0.3, 0.4) is 0 Å². The molecule has 0 aliphatic carbocycles. The van der Waals surface area contributed by atoms with E-state index in [-0.39, 0.29) is 0 Å². The summed E-state index contributed by atoms with van der Waals surface area (Å²) in [5.74, 6) is 1.39. The Labute approximate surface area is 99.8 Å². The standard InChI is InChI=1S/C13H27NS/c1-3-5-8-12(14-10-4-2)13-9-6-7-11-15-13/h12-14H,3-11H2,1-2H3. The van der Waals surface area contributed by atoms with E-state index in [9.17, 15) is 0 Å². The summed E-state index contributed by atoms with van der Waals surface area (Å²) >= 11 is 2.21. The van der Waals surface area contributed by atoms with Gasteiger partial charge < -0.3 is 5.32 Å². The molecule has 2 heteroatoms. The van der Waals surface area contributed by atoms with E-state index in [1.54, 1.807) is 0 Å². The maximum Gasteiger partial charge on any atom is 0.0201 e. The van der Waals surface area contributed by atoms with Crippen LogP contribution in [0.2, 0.25) is 0 Å². The lowest BCUT2D eigenvalue weighted by Crippen LogP contribution is -2.39. The van der Waals surface area contributed by atoms with Crippen molar-refractivity contribution in [3.63, 3.8) is 0 Å². The molecule has 15 heavy (non-hydrogen) atoms. The summed E-state index contributed by atoms with van der Waals surface area (Å²) in [6.45, 7) is 5.76. The number of rotatable bonds is 7. The number of hydrogen-bond donors (Lipinski definition) is 1. The van der Waals surface area contributed by atoms with E-state index < -0.39 is 0 Å². The second kappa shape index (κ2) is 8.46. The van der Waals surface area contributed by atoms with Gasteiger partial charge >= 0.3 is 0 Å². The second-order valence-electron chi connectivity index (χ2n) is 4.61. The van der Waals surface area contributed by atoms with Crippen LogP contribution in [0.25, 0.3) is 0 Å². The smallest absolute Gasteiger partial charge is 0.0201 e. The second-order valence-corrected chi connectivity index (χ2v) is 5.95. The van der Waals surface area contributed by atoms with E-state index in [2.05, 4.69) is 30.9 Å². The van der Waals surface area contributed by atoms with Crippen LogP contribution in [0.1, 0.15) is 58.8 Å². The summed E-state index contributed by atoms with van der Waals surface area (Å²) in [6, 6.07) is 0.787. The minimum atomic E-state index is 0.787. The molecule has 0 amide bonds. The van der Waals surface area contributed by atoms with Crippen molar-refractivity contribution in [2.24, 2.45) is 0 Å². The maximum absolute atomic E-state index is 3.75. The molecule has 1 rings (SSSR count). The van der Waals surface area contributed by atoms with Gasteiger partial charge in [0.05, 0.1) is 0 Å². The molecule has 2 atom stereocenters. The Bertz CT molecular complexity index is 135. The van der Waals surface area contributed by atoms with Gasteiger partial charge in [-0.25, -0.2) is 0 Å². The first-order valence-electron chi connectivity index (χ1n) is 6.73. The highest BCUT2D eigenvalue weighted by Gasteiger charge is 2.22. The average Bonchev–Trinajstić information content (AvgIpc) is 2.30. The van der Waals surface area contributed by atoms with Crippen molar-refractivity contribution in [3.8, 4) is 0 Å². The van der Waals surface area contributed by atoms with Gasteiger partial charge in [-0.3, -0.25) is 0 Å². The van der Waals surface area contributed by atoms with Crippen LogP contribution in [0.15, 0.2) is 0 Å². The van der Waals surface area contributed by atoms with E-state index >= 15 is 0 Å². The first-order valence-corrected chi connectivity index (χ1v) is 7.78. The first-order chi connectivity index (χ1) is 7.38. The van der Waals surface area contributed by atoms with Crippen molar-refractivity contribution < 1.29 is 0 Å². The number of hydrogen-bond acceptors (Lipinski definition) is 2. The van der Waals surface area contributed by atoms with Gasteiger partial charge in [0.2, 0.25) is 0 Å². The van der Waals surface area contributed by atoms with E-state index in [4.69, 9.17) is 0 Å². The van der Waals surface area contributed by atoms with Crippen LogP contribution in [-0.4, -0.2) is 23.6 Å². The van der Waals surface area contributed by atoms with Crippen LogP contribution in [0.5, 0.6) is 0 Å². The minimum Gasteiger partial charge on any atom is -0.313 e. The fourth-order valence-corrected chi connectivity index (χ4v) is 3.73. The van der Waals surface area contributed by atoms with E-state index in [0.717, 1.165) is 11.3 Å². The van der Waals surface area contributed by atoms with Crippen LogP contribution in [0.4, 0.5) is 0 Å². The van der Waals surface area contributed by atoms with Gasteiger partial charge in [0, 0.05) is 11.3 Å². The van der Waals surface area contributed by atoms with Gasteiger partial charge in [-0.2, -0.15) is 11.8 Å². The van der Waals surface area contributed by atoms with Crippen LogP contribution >= 0.6 is 11.8 Å². The predicted molar refractivity (Wildman–Crippen MR) is 71.7 cm³/mol. The van der Waals surface area contributed by atoms with Gasteiger partial charge in [0.15, 0.2) is 0 Å². The van der Waals surface area contributed by atoms with E-state index in [1.165, 1.54) is 57.2 Å². The Kier molecular flexibility index (Phi) is 7.54. The summed E-state index contributed by atoms with van der Waals surface area (Å²) in [5.41, 5.74) is 0. The maximum atomic E-state index is 3.75. The van der Waals surface area contributed by atoms with Gasteiger partial charge in [0.1, 0.15) is 0 Å². The molecule has 1 N–H and O–H groups in total. The lowest BCUT2D eigenvalue weighted by Gasteiger charge is -2.30. The number of unbranched alkanes of at least 4 members (excludes halogenated alkanes) is 1. The minimum absolute atomic E-state index is 0.787. The molecule has 1 aliphatic heterocycles. The Morgan fingerprint density at radius 3 is 2.73 bits per heavy atom. The van der Waals surface area contributed by atoms with Gasteiger partial charge in [-0.1, -0.05) is 33.1 Å². The lowest BCUT2D eigenvalue weighted by atomic mass is 10.0. The molecule has 0 bridgehead atoms. The average molecular weight is 229 g/mol. The van der Waals surface area contributed by atoms with Crippen molar-refractivity contribution in [2.45, 2.75) is 70.1 Å². The van der Waals surface area contributed by atoms with Crippen molar-refractivity contribution in [3.05, 3.63) is 0 Å². The quantitative estimate of drug-likeness (QED) is 0.712. The third-order valence-corrected chi connectivity index (χ3v) is 4.71. The molecule has 1 aliphatic rings. The van der Waals surface area contributed by atoms with Crippen LogP contribution in [0, 0.1) is 0 Å². The normalized spacial score (nSPS) is 24.0. The Balaban J connectivity index is 2.30. The third kappa shape index (κ3) is 5.26. The van der Waals surface area contributed by atoms with Crippen molar-refractivity contribution in [1.29, 1.82) is 0 Å².